The van der Waals surface area contributed by atoms with Crippen LogP contribution in [0.15, 0.2) is 42.6 Å². The summed E-state index contributed by atoms with van der Waals surface area (Å²) in [6.07, 6.45) is 2.37. The third-order valence-corrected chi connectivity index (χ3v) is 2.88. The highest BCUT2D eigenvalue weighted by Crippen LogP contribution is 2.25. The topological polar surface area (TPSA) is 38.1 Å². The van der Waals surface area contributed by atoms with Crippen LogP contribution in [0.25, 0.3) is 5.69 Å². The third-order valence-electron chi connectivity index (χ3n) is 2.88. The van der Waals surface area contributed by atoms with Crippen LogP contribution in [-0.2, 0) is 5.60 Å². The summed E-state index contributed by atoms with van der Waals surface area (Å²) in [6, 6.07) is 11.7. The van der Waals surface area contributed by atoms with Gasteiger partial charge in [0, 0.05) is 6.20 Å². The standard InChI is InChI=1S/C13H16N2O/c1-3-13(2,16)12-9-10-14-15(12)11-7-5-4-6-8-11/h4-10,16H,3H2,1-2H3. The summed E-state index contributed by atoms with van der Waals surface area (Å²) in [4.78, 5) is 0. The highest BCUT2D eigenvalue weighted by atomic mass is 16.3. The quantitative estimate of drug-likeness (QED) is 0.856. The van der Waals surface area contributed by atoms with Gasteiger partial charge in [0.15, 0.2) is 0 Å². The summed E-state index contributed by atoms with van der Waals surface area (Å²) >= 11 is 0. The minimum Gasteiger partial charge on any atom is -0.384 e. The summed E-state index contributed by atoms with van der Waals surface area (Å²) in [6.45, 7) is 3.77. The molecule has 2 rings (SSSR count). The van der Waals surface area contributed by atoms with Gasteiger partial charge in [-0.05, 0) is 31.5 Å². The molecule has 1 unspecified atom stereocenters. The number of hydrogen-bond donors (Lipinski definition) is 1. The molecule has 0 fully saturated rings. The van der Waals surface area contributed by atoms with Gasteiger partial charge in [-0.15, -0.1) is 0 Å². The number of rotatable bonds is 3. The van der Waals surface area contributed by atoms with Crippen molar-refractivity contribution in [2.75, 3.05) is 0 Å². The number of benzene rings is 1. The predicted octanol–water partition coefficient (Wildman–Crippen LogP) is 2.49. The van der Waals surface area contributed by atoms with Gasteiger partial charge in [0.25, 0.3) is 0 Å². The van der Waals surface area contributed by atoms with Gasteiger partial charge in [0.1, 0.15) is 5.60 Å². The molecular weight excluding hydrogens is 200 g/mol. The molecule has 2 aromatic rings. The number of aromatic nitrogens is 2. The van der Waals surface area contributed by atoms with Crippen molar-refractivity contribution in [2.24, 2.45) is 0 Å². The molecular formula is C13H16N2O. The maximum absolute atomic E-state index is 10.3. The molecule has 0 aliphatic heterocycles. The van der Waals surface area contributed by atoms with Crippen molar-refractivity contribution in [1.29, 1.82) is 0 Å². The normalized spacial score (nSPS) is 14.7. The van der Waals surface area contributed by atoms with E-state index in [0.717, 1.165) is 11.4 Å². The lowest BCUT2D eigenvalue weighted by molar-refractivity contribution is 0.0460. The van der Waals surface area contributed by atoms with Gasteiger partial charge in [-0.3, -0.25) is 0 Å². The average molecular weight is 216 g/mol. The fraction of sp³-hybridized carbons (Fsp3) is 0.308. The first-order valence-electron chi connectivity index (χ1n) is 5.47. The SMILES string of the molecule is CCC(C)(O)c1ccnn1-c1ccccc1. The first kappa shape index (κ1) is 10.9. The van der Waals surface area contributed by atoms with E-state index in [4.69, 9.17) is 0 Å². The van der Waals surface area contributed by atoms with E-state index < -0.39 is 5.60 Å². The van der Waals surface area contributed by atoms with Crippen LogP contribution in [0.2, 0.25) is 0 Å². The fourth-order valence-corrected chi connectivity index (χ4v) is 1.67. The maximum atomic E-state index is 10.3. The molecule has 16 heavy (non-hydrogen) atoms. The average Bonchev–Trinajstić information content (AvgIpc) is 2.80. The van der Waals surface area contributed by atoms with Crippen molar-refractivity contribution in [3.8, 4) is 5.69 Å². The Kier molecular flexibility index (Phi) is 2.79. The maximum Gasteiger partial charge on any atom is 0.104 e. The second-order valence-corrected chi connectivity index (χ2v) is 4.09. The Morgan fingerprint density at radius 2 is 1.94 bits per heavy atom. The minimum atomic E-state index is -0.841. The lowest BCUT2D eigenvalue weighted by Gasteiger charge is -2.22. The molecule has 0 spiro atoms. The smallest absolute Gasteiger partial charge is 0.104 e. The zero-order valence-corrected chi connectivity index (χ0v) is 9.59. The molecule has 0 aliphatic rings. The molecule has 0 radical (unpaired) electrons. The van der Waals surface area contributed by atoms with E-state index in [-0.39, 0.29) is 0 Å². The summed E-state index contributed by atoms with van der Waals surface area (Å²) in [5.74, 6) is 0. The van der Waals surface area contributed by atoms with E-state index in [1.54, 1.807) is 10.9 Å². The van der Waals surface area contributed by atoms with Crippen LogP contribution >= 0.6 is 0 Å². The molecule has 1 heterocycles. The fourth-order valence-electron chi connectivity index (χ4n) is 1.67. The molecule has 1 N–H and O–H groups in total. The van der Waals surface area contributed by atoms with Gasteiger partial charge in [0.05, 0.1) is 11.4 Å². The van der Waals surface area contributed by atoms with Crippen molar-refractivity contribution in [3.63, 3.8) is 0 Å². The largest absolute Gasteiger partial charge is 0.384 e. The van der Waals surface area contributed by atoms with E-state index in [9.17, 15) is 5.11 Å². The summed E-state index contributed by atoms with van der Waals surface area (Å²) in [7, 11) is 0. The van der Waals surface area contributed by atoms with Crippen LogP contribution in [0.3, 0.4) is 0 Å². The monoisotopic (exact) mass is 216 g/mol. The molecule has 3 heteroatoms. The van der Waals surface area contributed by atoms with E-state index in [2.05, 4.69) is 5.10 Å². The van der Waals surface area contributed by atoms with Crippen LogP contribution in [0, 0.1) is 0 Å². The first-order chi connectivity index (χ1) is 7.65. The Morgan fingerprint density at radius 1 is 1.25 bits per heavy atom. The van der Waals surface area contributed by atoms with E-state index in [1.807, 2.05) is 50.2 Å². The molecule has 0 saturated heterocycles. The molecule has 0 amide bonds. The Morgan fingerprint density at radius 3 is 2.56 bits per heavy atom. The van der Waals surface area contributed by atoms with Crippen LogP contribution < -0.4 is 0 Å². The zero-order valence-electron chi connectivity index (χ0n) is 9.59. The number of para-hydroxylation sites is 1. The highest BCUT2D eigenvalue weighted by Gasteiger charge is 2.25. The van der Waals surface area contributed by atoms with Gasteiger partial charge >= 0.3 is 0 Å². The van der Waals surface area contributed by atoms with E-state index in [1.165, 1.54) is 0 Å². The van der Waals surface area contributed by atoms with Gasteiger partial charge in [0.2, 0.25) is 0 Å². The Balaban J connectivity index is 2.49. The third kappa shape index (κ3) is 1.86. The Hall–Kier alpha value is -1.61. The molecule has 0 saturated carbocycles. The molecule has 0 bridgehead atoms. The predicted molar refractivity (Wildman–Crippen MR) is 63.4 cm³/mol. The van der Waals surface area contributed by atoms with Crippen LogP contribution in [0.4, 0.5) is 0 Å². The Labute approximate surface area is 95.3 Å². The minimum absolute atomic E-state index is 0.658. The summed E-state index contributed by atoms with van der Waals surface area (Å²) in [5, 5.41) is 14.5. The number of nitrogens with zero attached hydrogens (tertiary/aromatic N) is 2. The lowest BCUT2D eigenvalue weighted by atomic mass is 9.99. The van der Waals surface area contributed by atoms with E-state index in [0.29, 0.717) is 6.42 Å². The van der Waals surface area contributed by atoms with Gasteiger partial charge in [-0.1, -0.05) is 25.1 Å². The molecule has 1 aromatic heterocycles. The summed E-state index contributed by atoms with van der Waals surface area (Å²) in [5.41, 5.74) is 0.948. The number of aliphatic hydroxyl groups is 1. The van der Waals surface area contributed by atoms with Crippen molar-refractivity contribution in [1.82, 2.24) is 9.78 Å². The summed E-state index contributed by atoms with van der Waals surface area (Å²) < 4.78 is 1.78. The van der Waals surface area contributed by atoms with Gasteiger partial charge in [-0.25, -0.2) is 4.68 Å². The van der Waals surface area contributed by atoms with Crippen LogP contribution in [0.1, 0.15) is 26.0 Å². The van der Waals surface area contributed by atoms with Crippen LogP contribution in [-0.4, -0.2) is 14.9 Å². The van der Waals surface area contributed by atoms with E-state index >= 15 is 0 Å². The first-order valence-corrected chi connectivity index (χ1v) is 5.47. The second-order valence-electron chi connectivity index (χ2n) is 4.09. The molecule has 1 atom stereocenters. The van der Waals surface area contributed by atoms with Crippen LogP contribution in [0.5, 0.6) is 0 Å². The lowest BCUT2D eigenvalue weighted by Crippen LogP contribution is -2.23. The number of hydrogen-bond acceptors (Lipinski definition) is 2. The van der Waals surface area contributed by atoms with Crippen molar-refractivity contribution in [3.05, 3.63) is 48.3 Å². The van der Waals surface area contributed by atoms with Crippen molar-refractivity contribution < 1.29 is 5.11 Å². The molecule has 1 aromatic carbocycles. The molecule has 0 aliphatic carbocycles. The molecule has 84 valence electrons. The Bertz CT molecular complexity index is 460. The molecule has 3 nitrogen and oxygen atoms in total. The van der Waals surface area contributed by atoms with Crippen molar-refractivity contribution >= 4 is 0 Å². The van der Waals surface area contributed by atoms with Gasteiger partial charge in [-0.2, -0.15) is 5.10 Å². The van der Waals surface area contributed by atoms with Gasteiger partial charge < -0.3 is 5.11 Å². The van der Waals surface area contributed by atoms with Crippen molar-refractivity contribution in [2.45, 2.75) is 25.9 Å². The second kappa shape index (κ2) is 4.10. The zero-order chi connectivity index (χ0) is 11.6. The highest BCUT2D eigenvalue weighted by molar-refractivity contribution is 5.33.